The number of carbonyl (C=O) groups is 1. The fraction of sp³-hybridized carbons (Fsp3) is 0.562. The van der Waals surface area contributed by atoms with Crippen LogP contribution in [0.15, 0.2) is 18.2 Å². The zero-order chi connectivity index (χ0) is 16.4. The van der Waals surface area contributed by atoms with E-state index < -0.39 is 4.92 Å². The lowest BCUT2D eigenvalue weighted by Gasteiger charge is -2.37. The molecule has 0 radical (unpaired) electrons. The van der Waals surface area contributed by atoms with Crippen molar-refractivity contribution in [3.63, 3.8) is 0 Å². The Balaban J connectivity index is 1.62. The van der Waals surface area contributed by atoms with Crippen molar-refractivity contribution < 1.29 is 9.72 Å². The highest BCUT2D eigenvalue weighted by atomic mass is 35.5. The third-order valence-electron chi connectivity index (χ3n) is 4.78. The van der Waals surface area contributed by atoms with Crippen LogP contribution in [0, 0.1) is 16.0 Å². The van der Waals surface area contributed by atoms with Gasteiger partial charge in [-0.1, -0.05) is 24.4 Å². The van der Waals surface area contributed by atoms with Crippen molar-refractivity contribution in [2.75, 3.05) is 31.1 Å². The molecule has 7 heteroatoms. The molecule has 0 aromatic heterocycles. The standard InChI is InChI=1S/C16H20ClN3O3/c17-14-11-13(20(22)23)5-6-15(14)18-7-9-19(10-8-18)16(21)12-3-1-2-4-12/h5-6,11-12H,1-4,7-10H2. The fourth-order valence-corrected chi connectivity index (χ4v) is 3.76. The van der Waals surface area contributed by atoms with E-state index in [2.05, 4.69) is 4.90 Å². The number of nitro benzene ring substituents is 1. The molecule has 0 atom stereocenters. The molecule has 1 amide bonds. The normalized spacial score (nSPS) is 19.2. The Hall–Kier alpha value is -1.82. The second-order valence-electron chi connectivity index (χ2n) is 6.19. The van der Waals surface area contributed by atoms with E-state index in [1.807, 2.05) is 4.90 Å². The summed E-state index contributed by atoms with van der Waals surface area (Å²) in [5.74, 6) is 0.501. The number of carbonyl (C=O) groups excluding carboxylic acids is 1. The molecule has 1 heterocycles. The molecule has 1 aliphatic heterocycles. The molecule has 1 aromatic carbocycles. The molecule has 2 fully saturated rings. The molecule has 1 aromatic rings. The lowest BCUT2D eigenvalue weighted by atomic mass is 10.1. The van der Waals surface area contributed by atoms with Crippen molar-refractivity contribution in [2.24, 2.45) is 5.92 Å². The maximum Gasteiger partial charge on any atom is 0.271 e. The van der Waals surface area contributed by atoms with E-state index >= 15 is 0 Å². The highest BCUT2D eigenvalue weighted by Crippen LogP contribution is 2.31. The largest absolute Gasteiger partial charge is 0.367 e. The summed E-state index contributed by atoms with van der Waals surface area (Å²) in [4.78, 5) is 26.8. The number of rotatable bonds is 3. The number of hydrogen-bond acceptors (Lipinski definition) is 4. The summed E-state index contributed by atoms with van der Waals surface area (Å²) in [5, 5.41) is 11.2. The number of nitrogens with zero attached hydrogens (tertiary/aromatic N) is 3. The zero-order valence-corrected chi connectivity index (χ0v) is 13.7. The van der Waals surface area contributed by atoms with Crippen LogP contribution in [0.25, 0.3) is 0 Å². The van der Waals surface area contributed by atoms with Gasteiger partial charge in [-0.25, -0.2) is 0 Å². The summed E-state index contributed by atoms with van der Waals surface area (Å²) in [7, 11) is 0. The second-order valence-corrected chi connectivity index (χ2v) is 6.59. The van der Waals surface area contributed by atoms with Gasteiger partial charge in [0.2, 0.25) is 5.91 Å². The van der Waals surface area contributed by atoms with Crippen molar-refractivity contribution in [1.82, 2.24) is 4.90 Å². The minimum atomic E-state index is -0.451. The summed E-state index contributed by atoms with van der Waals surface area (Å²) in [6.07, 6.45) is 4.37. The number of nitro groups is 1. The summed E-state index contributed by atoms with van der Waals surface area (Å²) in [6, 6.07) is 4.54. The first kappa shape index (κ1) is 16.1. The lowest BCUT2D eigenvalue weighted by Crippen LogP contribution is -2.50. The topological polar surface area (TPSA) is 66.7 Å². The third-order valence-corrected chi connectivity index (χ3v) is 5.08. The zero-order valence-electron chi connectivity index (χ0n) is 12.9. The fourth-order valence-electron chi connectivity index (χ4n) is 3.46. The van der Waals surface area contributed by atoms with E-state index in [1.165, 1.54) is 12.1 Å². The molecule has 0 N–H and O–H groups in total. The molecule has 6 nitrogen and oxygen atoms in total. The van der Waals surface area contributed by atoms with Gasteiger partial charge in [0, 0.05) is 44.2 Å². The minimum absolute atomic E-state index is 0.00574. The SMILES string of the molecule is O=C(C1CCCC1)N1CCN(c2ccc([N+](=O)[O-])cc2Cl)CC1. The van der Waals surface area contributed by atoms with Gasteiger partial charge in [0.1, 0.15) is 0 Å². The first-order valence-corrected chi connectivity index (χ1v) is 8.42. The van der Waals surface area contributed by atoms with Gasteiger partial charge >= 0.3 is 0 Å². The van der Waals surface area contributed by atoms with Crippen molar-refractivity contribution in [3.05, 3.63) is 33.3 Å². The Labute approximate surface area is 140 Å². The number of amides is 1. The van der Waals surface area contributed by atoms with E-state index in [4.69, 9.17) is 11.6 Å². The monoisotopic (exact) mass is 337 g/mol. The van der Waals surface area contributed by atoms with Crippen LogP contribution in [0.1, 0.15) is 25.7 Å². The van der Waals surface area contributed by atoms with Crippen LogP contribution in [-0.2, 0) is 4.79 Å². The molecule has 23 heavy (non-hydrogen) atoms. The van der Waals surface area contributed by atoms with Gasteiger partial charge in [-0.2, -0.15) is 0 Å². The molecule has 1 aliphatic carbocycles. The summed E-state index contributed by atoms with van der Waals surface area (Å²) in [6.45, 7) is 2.78. The number of non-ortho nitro benzene ring substituents is 1. The lowest BCUT2D eigenvalue weighted by molar-refractivity contribution is -0.384. The van der Waals surface area contributed by atoms with E-state index in [-0.39, 0.29) is 17.5 Å². The predicted octanol–water partition coefficient (Wildman–Crippen LogP) is 3.09. The number of anilines is 1. The Morgan fingerprint density at radius 1 is 1.17 bits per heavy atom. The Morgan fingerprint density at radius 3 is 2.39 bits per heavy atom. The smallest absolute Gasteiger partial charge is 0.271 e. The number of benzene rings is 1. The quantitative estimate of drug-likeness (QED) is 0.628. The Bertz CT molecular complexity index is 609. The predicted molar refractivity (Wildman–Crippen MR) is 88.9 cm³/mol. The first-order valence-electron chi connectivity index (χ1n) is 8.04. The summed E-state index contributed by atoms with van der Waals surface area (Å²) in [5.41, 5.74) is 0.791. The number of hydrogen-bond donors (Lipinski definition) is 0. The average molecular weight is 338 g/mol. The van der Waals surface area contributed by atoms with Crippen molar-refractivity contribution in [2.45, 2.75) is 25.7 Å². The molecular weight excluding hydrogens is 318 g/mol. The minimum Gasteiger partial charge on any atom is -0.367 e. The Morgan fingerprint density at radius 2 is 1.83 bits per heavy atom. The van der Waals surface area contributed by atoms with Gasteiger partial charge in [0.05, 0.1) is 15.6 Å². The highest BCUT2D eigenvalue weighted by Gasteiger charge is 2.29. The Kier molecular flexibility index (Phi) is 4.71. The number of halogens is 1. The summed E-state index contributed by atoms with van der Waals surface area (Å²) >= 11 is 6.18. The molecule has 0 spiro atoms. The molecule has 124 valence electrons. The maximum absolute atomic E-state index is 12.4. The molecule has 3 rings (SSSR count). The van der Waals surface area contributed by atoms with Crippen molar-refractivity contribution in [3.8, 4) is 0 Å². The van der Waals surface area contributed by atoms with Crippen molar-refractivity contribution in [1.29, 1.82) is 0 Å². The van der Waals surface area contributed by atoms with Gasteiger partial charge in [-0.05, 0) is 18.9 Å². The first-order chi connectivity index (χ1) is 11.1. The molecule has 1 saturated heterocycles. The molecular formula is C16H20ClN3O3. The average Bonchev–Trinajstić information content (AvgIpc) is 3.08. The number of piperazine rings is 1. The van der Waals surface area contributed by atoms with Crippen LogP contribution in [0.2, 0.25) is 5.02 Å². The van der Waals surface area contributed by atoms with Crippen LogP contribution in [0.3, 0.4) is 0 Å². The van der Waals surface area contributed by atoms with E-state index in [1.54, 1.807) is 6.07 Å². The maximum atomic E-state index is 12.4. The van der Waals surface area contributed by atoms with Crippen LogP contribution in [0.5, 0.6) is 0 Å². The van der Waals surface area contributed by atoms with E-state index in [0.29, 0.717) is 31.2 Å². The van der Waals surface area contributed by atoms with Gasteiger partial charge in [0.15, 0.2) is 0 Å². The van der Waals surface area contributed by atoms with Crippen LogP contribution in [-0.4, -0.2) is 41.9 Å². The summed E-state index contributed by atoms with van der Waals surface area (Å²) < 4.78 is 0. The molecule has 2 aliphatic rings. The van der Waals surface area contributed by atoms with E-state index in [0.717, 1.165) is 31.4 Å². The molecule has 0 bridgehead atoms. The highest BCUT2D eigenvalue weighted by molar-refractivity contribution is 6.33. The van der Waals surface area contributed by atoms with Gasteiger partial charge in [0.25, 0.3) is 5.69 Å². The van der Waals surface area contributed by atoms with Crippen LogP contribution >= 0.6 is 11.6 Å². The second kappa shape index (κ2) is 6.74. The van der Waals surface area contributed by atoms with Crippen LogP contribution < -0.4 is 4.90 Å². The molecule has 1 saturated carbocycles. The third kappa shape index (κ3) is 3.42. The van der Waals surface area contributed by atoms with Crippen LogP contribution in [0.4, 0.5) is 11.4 Å². The molecule has 0 unspecified atom stereocenters. The van der Waals surface area contributed by atoms with Gasteiger partial charge in [-0.3, -0.25) is 14.9 Å². The van der Waals surface area contributed by atoms with E-state index in [9.17, 15) is 14.9 Å². The van der Waals surface area contributed by atoms with Gasteiger partial charge in [-0.15, -0.1) is 0 Å². The van der Waals surface area contributed by atoms with Crippen molar-refractivity contribution >= 4 is 28.9 Å². The van der Waals surface area contributed by atoms with Gasteiger partial charge < -0.3 is 9.80 Å².